The predicted octanol–water partition coefficient (Wildman–Crippen LogP) is 3.13. The third kappa shape index (κ3) is 3.76. The Kier molecular flexibility index (Phi) is 4.25. The van der Waals surface area contributed by atoms with Gasteiger partial charge in [0.15, 0.2) is 0 Å². The van der Waals surface area contributed by atoms with E-state index >= 15 is 0 Å². The maximum Gasteiger partial charge on any atom is 0.573 e. The Hall–Kier alpha value is -0.950. The number of alkyl halides is 3. The molecule has 2 rings (SSSR count). The van der Waals surface area contributed by atoms with Gasteiger partial charge in [-0.25, -0.2) is 0 Å². The Balaban J connectivity index is 2.11. The maximum absolute atomic E-state index is 12.2. The molecule has 1 atom stereocenters. The van der Waals surface area contributed by atoms with Crippen LogP contribution in [0.3, 0.4) is 0 Å². The number of rotatable bonds is 3. The van der Waals surface area contributed by atoms with Gasteiger partial charge in [0.1, 0.15) is 5.75 Å². The lowest BCUT2D eigenvalue weighted by atomic mass is 10.1. The summed E-state index contributed by atoms with van der Waals surface area (Å²) in [4.78, 5) is 2.11. The molecule has 0 saturated carbocycles. The molecule has 1 saturated heterocycles. The Bertz CT molecular complexity index is 453. The largest absolute Gasteiger partial charge is 0.573 e. The molecule has 0 spiro atoms. The number of halogens is 4. The number of anilines is 1. The van der Waals surface area contributed by atoms with Crippen LogP contribution in [0.15, 0.2) is 22.7 Å². The van der Waals surface area contributed by atoms with Gasteiger partial charge in [-0.05, 0) is 53.0 Å². The molecule has 3 nitrogen and oxygen atoms in total. The van der Waals surface area contributed by atoms with Crippen LogP contribution in [0.25, 0.3) is 0 Å². The Morgan fingerprint density at radius 2 is 2.16 bits per heavy atom. The van der Waals surface area contributed by atoms with Crippen molar-refractivity contribution in [3.8, 4) is 5.75 Å². The fraction of sp³-hybridized carbons (Fsp3) is 0.500. The summed E-state index contributed by atoms with van der Waals surface area (Å²) in [6.45, 7) is 2.34. The van der Waals surface area contributed by atoms with Crippen molar-refractivity contribution in [1.82, 2.24) is 0 Å². The SMILES string of the molecule is NCC1CCN(c2ccc(OC(F)(F)F)c(Br)c2)C1. The third-order valence-electron chi connectivity index (χ3n) is 3.13. The highest BCUT2D eigenvalue weighted by molar-refractivity contribution is 9.10. The average molecular weight is 339 g/mol. The van der Waals surface area contributed by atoms with Gasteiger partial charge in [0.05, 0.1) is 4.47 Å². The highest BCUT2D eigenvalue weighted by atomic mass is 79.9. The molecule has 2 N–H and O–H groups in total. The molecule has 1 unspecified atom stereocenters. The number of hydrogen-bond donors (Lipinski definition) is 1. The molecule has 0 radical (unpaired) electrons. The van der Waals surface area contributed by atoms with Crippen molar-refractivity contribution in [2.45, 2.75) is 12.8 Å². The highest BCUT2D eigenvalue weighted by Gasteiger charge is 2.32. The predicted molar refractivity (Wildman–Crippen MR) is 70.2 cm³/mol. The lowest BCUT2D eigenvalue weighted by Crippen LogP contribution is -2.22. The van der Waals surface area contributed by atoms with Crippen LogP contribution in [0.5, 0.6) is 5.75 Å². The molecule has 7 heteroatoms. The molecular formula is C12H14BrF3N2O. The van der Waals surface area contributed by atoms with Gasteiger partial charge in [0, 0.05) is 18.8 Å². The summed E-state index contributed by atoms with van der Waals surface area (Å²) in [5.41, 5.74) is 6.49. The molecule has 19 heavy (non-hydrogen) atoms. The van der Waals surface area contributed by atoms with E-state index in [4.69, 9.17) is 5.73 Å². The van der Waals surface area contributed by atoms with Crippen LogP contribution in [0.2, 0.25) is 0 Å². The summed E-state index contributed by atoms with van der Waals surface area (Å²) in [5.74, 6) is 0.218. The fourth-order valence-corrected chi connectivity index (χ4v) is 2.60. The quantitative estimate of drug-likeness (QED) is 0.920. The molecule has 1 aliphatic heterocycles. The Morgan fingerprint density at radius 1 is 1.42 bits per heavy atom. The van der Waals surface area contributed by atoms with Crippen molar-refractivity contribution in [3.63, 3.8) is 0 Å². The van der Waals surface area contributed by atoms with Gasteiger partial charge < -0.3 is 15.4 Å². The van der Waals surface area contributed by atoms with Crippen LogP contribution < -0.4 is 15.4 Å². The minimum atomic E-state index is -4.68. The van der Waals surface area contributed by atoms with Crippen molar-refractivity contribution < 1.29 is 17.9 Å². The minimum absolute atomic E-state index is 0.231. The van der Waals surface area contributed by atoms with E-state index in [1.54, 1.807) is 12.1 Å². The summed E-state index contributed by atoms with van der Waals surface area (Å²) in [6.07, 6.45) is -3.67. The van der Waals surface area contributed by atoms with E-state index in [0.717, 1.165) is 25.2 Å². The van der Waals surface area contributed by atoms with Crippen molar-refractivity contribution in [2.24, 2.45) is 11.7 Å². The van der Waals surface area contributed by atoms with E-state index in [9.17, 15) is 13.2 Å². The van der Waals surface area contributed by atoms with Gasteiger partial charge in [0.25, 0.3) is 0 Å². The topological polar surface area (TPSA) is 38.5 Å². The van der Waals surface area contributed by atoms with Crippen molar-refractivity contribution >= 4 is 21.6 Å². The van der Waals surface area contributed by atoms with Crippen molar-refractivity contribution in [2.75, 3.05) is 24.5 Å². The second-order valence-electron chi connectivity index (χ2n) is 4.50. The van der Waals surface area contributed by atoms with Crippen LogP contribution in [0.4, 0.5) is 18.9 Å². The zero-order valence-electron chi connectivity index (χ0n) is 10.1. The second kappa shape index (κ2) is 5.58. The molecule has 0 bridgehead atoms. The lowest BCUT2D eigenvalue weighted by Gasteiger charge is -2.20. The standard InChI is InChI=1S/C12H14BrF3N2O/c13-10-5-9(18-4-3-8(6-17)7-18)1-2-11(10)19-12(14,15)16/h1-2,5,8H,3-4,6-7,17H2. The second-order valence-corrected chi connectivity index (χ2v) is 5.35. The summed E-state index contributed by atoms with van der Waals surface area (Å²) in [6, 6.07) is 4.59. The monoisotopic (exact) mass is 338 g/mol. The maximum atomic E-state index is 12.2. The summed E-state index contributed by atoms with van der Waals surface area (Å²) < 4.78 is 40.7. The zero-order chi connectivity index (χ0) is 14.0. The van der Waals surface area contributed by atoms with Gasteiger partial charge in [-0.2, -0.15) is 0 Å². The molecular weight excluding hydrogens is 325 g/mol. The number of nitrogens with zero attached hydrogens (tertiary/aromatic N) is 1. The molecule has 0 aromatic heterocycles. The summed E-state index contributed by atoms with van der Waals surface area (Å²) in [7, 11) is 0. The van der Waals surface area contributed by atoms with Gasteiger partial charge in [-0.1, -0.05) is 0 Å². The van der Waals surface area contributed by atoms with E-state index in [0.29, 0.717) is 16.9 Å². The summed E-state index contributed by atoms with van der Waals surface area (Å²) in [5, 5.41) is 0. The molecule has 106 valence electrons. The highest BCUT2D eigenvalue weighted by Crippen LogP contribution is 2.34. The molecule has 1 aliphatic rings. The first-order valence-corrected chi connectivity index (χ1v) is 6.68. The van der Waals surface area contributed by atoms with E-state index in [-0.39, 0.29) is 5.75 Å². The average Bonchev–Trinajstić information content (AvgIpc) is 2.79. The molecule has 1 fully saturated rings. The minimum Gasteiger partial charge on any atom is -0.405 e. The van der Waals surface area contributed by atoms with Gasteiger partial charge in [-0.15, -0.1) is 13.2 Å². The van der Waals surface area contributed by atoms with Crippen LogP contribution in [0, 0.1) is 5.92 Å². The van der Waals surface area contributed by atoms with Crippen LogP contribution in [-0.4, -0.2) is 26.0 Å². The van der Waals surface area contributed by atoms with Crippen molar-refractivity contribution in [1.29, 1.82) is 0 Å². The van der Waals surface area contributed by atoms with Gasteiger partial charge in [0.2, 0.25) is 0 Å². The Morgan fingerprint density at radius 3 is 2.68 bits per heavy atom. The first-order chi connectivity index (χ1) is 8.89. The molecule has 1 heterocycles. The first-order valence-electron chi connectivity index (χ1n) is 5.89. The van der Waals surface area contributed by atoms with E-state index in [1.807, 2.05) is 0 Å². The fourth-order valence-electron chi connectivity index (χ4n) is 2.15. The van der Waals surface area contributed by atoms with Crippen molar-refractivity contribution in [3.05, 3.63) is 22.7 Å². The zero-order valence-corrected chi connectivity index (χ0v) is 11.7. The molecule has 1 aromatic carbocycles. The molecule has 1 aromatic rings. The lowest BCUT2D eigenvalue weighted by molar-refractivity contribution is -0.274. The van der Waals surface area contributed by atoms with E-state index in [1.165, 1.54) is 6.07 Å². The number of benzene rings is 1. The van der Waals surface area contributed by atoms with Gasteiger partial charge >= 0.3 is 6.36 Å². The number of ether oxygens (including phenoxy) is 1. The number of hydrogen-bond acceptors (Lipinski definition) is 3. The normalized spacial score (nSPS) is 19.8. The number of nitrogens with two attached hydrogens (primary N) is 1. The third-order valence-corrected chi connectivity index (χ3v) is 3.75. The van der Waals surface area contributed by atoms with E-state index < -0.39 is 6.36 Å². The van der Waals surface area contributed by atoms with Gasteiger partial charge in [-0.3, -0.25) is 0 Å². The molecule has 0 amide bonds. The first kappa shape index (κ1) is 14.5. The molecule has 0 aliphatic carbocycles. The smallest absolute Gasteiger partial charge is 0.405 e. The van der Waals surface area contributed by atoms with Crippen LogP contribution in [0.1, 0.15) is 6.42 Å². The van der Waals surface area contributed by atoms with Crippen LogP contribution in [-0.2, 0) is 0 Å². The Labute approximate surface area is 117 Å². The summed E-state index contributed by atoms with van der Waals surface area (Å²) >= 11 is 3.10. The van der Waals surface area contributed by atoms with Crippen LogP contribution >= 0.6 is 15.9 Å². The van der Waals surface area contributed by atoms with E-state index in [2.05, 4.69) is 25.6 Å².